The molecular weight excluding hydrogens is 288 g/mol. The number of nitrogens with zero attached hydrogens (tertiary/aromatic N) is 1. The topological polar surface area (TPSA) is 52.6 Å². The van der Waals surface area contributed by atoms with Crippen LogP contribution in [0.25, 0.3) is 0 Å². The summed E-state index contributed by atoms with van der Waals surface area (Å²) >= 11 is 0. The first-order valence-electron chi connectivity index (χ1n) is 8.82. The van der Waals surface area contributed by atoms with Gasteiger partial charge in [-0.15, -0.1) is 0 Å². The molecule has 1 fully saturated rings. The summed E-state index contributed by atoms with van der Waals surface area (Å²) in [5.74, 6) is 0.345. The van der Waals surface area contributed by atoms with Gasteiger partial charge in [-0.1, -0.05) is 50.6 Å². The summed E-state index contributed by atoms with van der Waals surface area (Å²) in [5, 5.41) is 12.9. The van der Waals surface area contributed by atoms with E-state index in [0.717, 1.165) is 38.9 Å². The van der Waals surface area contributed by atoms with Crippen LogP contribution >= 0.6 is 0 Å². The first kappa shape index (κ1) is 18.0. The molecule has 2 rings (SSSR count). The number of carbonyl (C=O) groups is 1. The Morgan fingerprint density at radius 2 is 2.13 bits per heavy atom. The monoisotopic (exact) mass is 318 g/mol. The highest BCUT2D eigenvalue weighted by Crippen LogP contribution is 2.19. The molecule has 1 amide bonds. The van der Waals surface area contributed by atoms with Crippen LogP contribution in [-0.2, 0) is 11.3 Å². The van der Waals surface area contributed by atoms with Crippen LogP contribution in [0.2, 0.25) is 0 Å². The number of likely N-dealkylation sites (tertiary alicyclic amines) is 1. The zero-order valence-corrected chi connectivity index (χ0v) is 14.4. The smallest absolute Gasteiger partial charge is 0.224 e. The second-order valence-corrected chi connectivity index (χ2v) is 6.76. The molecule has 2 N–H and O–H groups in total. The highest BCUT2D eigenvalue weighted by atomic mass is 16.3. The zero-order chi connectivity index (χ0) is 16.7. The van der Waals surface area contributed by atoms with Crippen LogP contribution in [0.5, 0.6) is 0 Å². The van der Waals surface area contributed by atoms with Gasteiger partial charge in [0.25, 0.3) is 0 Å². The summed E-state index contributed by atoms with van der Waals surface area (Å²) in [6.07, 6.45) is 2.47. The number of hydrogen-bond donors (Lipinski definition) is 2. The molecular formula is C19H30N2O2. The predicted octanol–water partition coefficient (Wildman–Crippen LogP) is 2.42. The van der Waals surface area contributed by atoms with Gasteiger partial charge < -0.3 is 10.4 Å². The Morgan fingerprint density at radius 3 is 2.83 bits per heavy atom. The third-order valence-corrected chi connectivity index (χ3v) is 4.91. The Morgan fingerprint density at radius 1 is 1.39 bits per heavy atom. The molecule has 0 aliphatic carbocycles. The van der Waals surface area contributed by atoms with Gasteiger partial charge >= 0.3 is 0 Å². The van der Waals surface area contributed by atoms with Crippen LogP contribution in [0.1, 0.15) is 38.7 Å². The van der Waals surface area contributed by atoms with Crippen LogP contribution in [0.4, 0.5) is 0 Å². The average Bonchev–Trinajstić information content (AvgIpc) is 2.59. The van der Waals surface area contributed by atoms with E-state index < -0.39 is 6.10 Å². The number of nitrogens with one attached hydrogen (secondary N) is 1. The van der Waals surface area contributed by atoms with Crippen LogP contribution in [0.3, 0.4) is 0 Å². The van der Waals surface area contributed by atoms with Crippen molar-refractivity contribution in [2.75, 3.05) is 19.6 Å². The van der Waals surface area contributed by atoms with E-state index >= 15 is 0 Å². The lowest BCUT2D eigenvalue weighted by Crippen LogP contribution is -2.45. The van der Waals surface area contributed by atoms with Crippen molar-refractivity contribution < 1.29 is 9.90 Å². The summed E-state index contributed by atoms with van der Waals surface area (Å²) in [5.41, 5.74) is 1.29. The lowest BCUT2D eigenvalue weighted by atomic mass is 9.96. The number of aliphatic hydroxyl groups is 1. The Balaban J connectivity index is 1.79. The van der Waals surface area contributed by atoms with E-state index in [0.29, 0.717) is 6.54 Å². The van der Waals surface area contributed by atoms with Crippen molar-refractivity contribution in [3.05, 3.63) is 35.9 Å². The quantitative estimate of drug-likeness (QED) is 0.812. The number of hydrogen-bond acceptors (Lipinski definition) is 3. The normalized spacial score (nSPS) is 21.6. The second kappa shape index (κ2) is 9.04. The maximum Gasteiger partial charge on any atom is 0.224 e. The average molecular weight is 318 g/mol. The summed E-state index contributed by atoms with van der Waals surface area (Å²) in [6, 6.07) is 10.4. The molecule has 128 valence electrons. The van der Waals surface area contributed by atoms with Gasteiger partial charge in [0.1, 0.15) is 0 Å². The van der Waals surface area contributed by atoms with Gasteiger partial charge in [-0.2, -0.15) is 0 Å². The molecule has 0 radical (unpaired) electrons. The predicted molar refractivity (Wildman–Crippen MR) is 92.9 cm³/mol. The number of carbonyl (C=O) groups excluding carboxylic acids is 1. The van der Waals surface area contributed by atoms with Gasteiger partial charge in [-0.05, 0) is 30.9 Å². The largest absolute Gasteiger partial charge is 0.391 e. The second-order valence-electron chi connectivity index (χ2n) is 6.76. The molecule has 0 aromatic heterocycles. The van der Waals surface area contributed by atoms with Crippen molar-refractivity contribution in [3.8, 4) is 0 Å². The van der Waals surface area contributed by atoms with Gasteiger partial charge in [0.15, 0.2) is 0 Å². The van der Waals surface area contributed by atoms with Crippen molar-refractivity contribution in [3.63, 3.8) is 0 Å². The number of rotatable bonds is 7. The maximum atomic E-state index is 12.4. The summed E-state index contributed by atoms with van der Waals surface area (Å²) < 4.78 is 0. The molecule has 1 saturated heterocycles. The summed E-state index contributed by atoms with van der Waals surface area (Å²) in [4.78, 5) is 14.7. The highest BCUT2D eigenvalue weighted by molar-refractivity contribution is 5.79. The van der Waals surface area contributed by atoms with E-state index in [4.69, 9.17) is 0 Å². The van der Waals surface area contributed by atoms with E-state index in [2.05, 4.69) is 41.4 Å². The maximum absolute atomic E-state index is 12.4. The van der Waals surface area contributed by atoms with Gasteiger partial charge in [-0.3, -0.25) is 9.69 Å². The Hall–Kier alpha value is -1.39. The minimum atomic E-state index is -0.451. The minimum Gasteiger partial charge on any atom is -0.391 e. The van der Waals surface area contributed by atoms with E-state index in [1.165, 1.54) is 5.56 Å². The van der Waals surface area contributed by atoms with Gasteiger partial charge in [-0.25, -0.2) is 0 Å². The van der Waals surface area contributed by atoms with Gasteiger partial charge in [0, 0.05) is 19.6 Å². The van der Waals surface area contributed by atoms with E-state index in [1.54, 1.807) is 0 Å². The number of piperidine rings is 1. The molecule has 1 aromatic rings. The van der Waals surface area contributed by atoms with Crippen LogP contribution in [0.15, 0.2) is 30.3 Å². The number of aliphatic hydroxyl groups excluding tert-OH is 1. The van der Waals surface area contributed by atoms with Crippen LogP contribution < -0.4 is 5.32 Å². The van der Waals surface area contributed by atoms with Crippen molar-refractivity contribution in [1.82, 2.24) is 10.2 Å². The van der Waals surface area contributed by atoms with Crippen LogP contribution in [-0.4, -0.2) is 41.7 Å². The minimum absolute atomic E-state index is 0.0385. The summed E-state index contributed by atoms with van der Waals surface area (Å²) in [7, 11) is 0. The van der Waals surface area contributed by atoms with Crippen molar-refractivity contribution in [1.29, 1.82) is 0 Å². The molecule has 0 spiro atoms. The molecule has 3 unspecified atom stereocenters. The zero-order valence-electron chi connectivity index (χ0n) is 14.4. The number of amides is 1. The third-order valence-electron chi connectivity index (χ3n) is 4.91. The summed E-state index contributed by atoms with van der Waals surface area (Å²) in [6.45, 7) is 7.19. The lowest BCUT2D eigenvalue weighted by molar-refractivity contribution is -0.127. The first-order chi connectivity index (χ1) is 11.1. The fourth-order valence-electron chi connectivity index (χ4n) is 3.08. The van der Waals surface area contributed by atoms with E-state index in [1.807, 2.05) is 13.0 Å². The molecule has 4 nitrogen and oxygen atoms in total. The lowest BCUT2D eigenvalue weighted by Gasteiger charge is -2.32. The molecule has 0 saturated carbocycles. The molecule has 1 heterocycles. The van der Waals surface area contributed by atoms with Gasteiger partial charge in [0.05, 0.1) is 12.0 Å². The van der Waals surface area contributed by atoms with Crippen LogP contribution in [0, 0.1) is 11.8 Å². The molecule has 1 aliphatic heterocycles. The van der Waals surface area contributed by atoms with Crippen molar-refractivity contribution in [2.24, 2.45) is 11.8 Å². The molecule has 1 aliphatic rings. The molecule has 4 heteroatoms. The molecule has 1 aromatic carbocycles. The van der Waals surface area contributed by atoms with Crippen molar-refractivity contribution in [2.45, 2.75) is 45.8 Å². The fraction of sp³-hybridized carbons (Fsp3) is 0.632. The van der Waals surface area contributed by atoms with E-state index in [9.17, 15) is 9.90 Å². The van der Waals surface area contributed by atoms with Gasteiger partial charge in [0.2, 0.25) is 5.91 Å². The SMILES string of the molecule is CCC(C)C(O)CNC(=O)C1CCCN(Cc2ccccc2)C1. The Labute approximate surface area is 139 Å². The molecule has 3 atom stereocenters. The molecule has 23 heavy (non-hydrogen) atoms. The number of benzene rings is 1. The Kier molecular flexibility index (Phi) is 7.06. The first-order valence-corrected chi connectivity index (χ1v) is 8.82. The standard InChI is InChI=1S/C19H30N2O2/c1-3-15(2)18(22)12-20-19(23)17-10-7-11-21(14-17)13-16-8-5-4-6-9-16/h4-6,8-9,15,17-18,22H,3,7,10-14H2,1-2H3,(H,20,23). The van der Waals surface area contributed by atoms with E-state index in [-0.39, 0.29) is 17.7 Å². The third kappa shape index (κ3) is 5.63. The fourth-order valence-corrected chi connectivity index (χ4v) is 3.08. The Bertz CT molecular complexity index is 478. The van der Waals surface area contributed by atoms with Crippen molar-refractivity contribution >= 4 is 5.91 Å². The molecule has 0 bridgehead atoms. The highest BCUT2D eigenvalue weighted by Gasteiger charge is 2.26.